The number of rotatable bonds is 5. The average molecular weight is 381 g/mol. The molecule has 28 heavy (non-hydrogen) atoms. The van der Waals surface area contributed by atoms with Gasteiger partial charge in [-0.15, -0.1) is 0 Å². The lowest BCUT2D eigenvalue weighted by Gasteiger charge is -2.21. The highest BCUT2D eigenvalue weighted by Gasteiger charge is 2.34. The van der Waals surface area contributed by atoms with Gasteiger partial charge in [-0.05, 0) is 25.0 Å². The molecule has 1 atom stereocenters. The van der Waals surface area contributed by atoms with Crippen LogP contribution in [0.3, 0.4) is 0 Å². The van der Waals surface area contributed by atoms with Crippen LogP contribution in [-0.4, -0.2) is 34.8 Å². The summed E-state index contributed by atoms with van der Waals surface area (Å²) in [4.78, 5) is 14.9. The molecule has 0 spiro atoms. The fraction of sp³-hybridized carbons (Fsp3) is 0.381. The van der Waals surface area contributed by atoms with Gasteiger partial charge in [0.2, 0.25) is 0 Å². The number of aromatic nitrogens is 2. The highest BCUT2D eigenvalue weighted by molar-refractivity contribution is 5.93. The van der Waals surface area contributed by atoms with Gasteiger partial charge >= 0.3 is 0 Å². The van der Waals surface area contributed by atoms with E-state index in [0.717, 1.165) is 29.9 Å². The Kier molecular flexibility index (Phi) is 4.90. The molecule has 1 saturated heterocycles. The molecule has 3 aromatic rings. The molecule has 0 bridgehead atoms. The molecule has 0 saturated carbocycles. The summed E-state index contributed by atoms with van der Waals surface area (Å²) < 4.78 is 16.2. The minimum Gasteiger partial charge on any atom is -0.496 e. The molecular weight excluding hydrogens is 358 g/mol. The topological polar surface area (TPSA) is 81.6 Å². The lowest BCUT2D eigenvalue weighted by Crippen LogP contribution is -2.30. The van der Waals surface area contributed by atoms with Gasteiger partial charge in [0.1, 0.15) is 17.2 Å². The first-order valence-corrected chi connectivity index (χ1v) is 9.46. The van der Waals surface area contributed by atoms with Crippen molar-refractivity contribution >= 4 is 5.91 Å². The normalized spacial score (nSPS) is 16.7. The number of hydrogen-bond donors (Lipinski definition) is 0. The molecule has 1 amide bonds. The van der Waals surface area contributed by atoms with Crippen LogP contribution in [0.25, 0.3) is 11.3 Å². The molecule has 0 aliphatic carbocycles. The third kappa shape index (κ3) is 3.28. The van der Waals surface area contributed by atoms with Crippen molar-refractivity contribution in [2.24, 2.45) is 0 Å². The Labute approximate surface area is 163 Å². The Morgan fingerprint density at radius 1 is 1.21 bits per heavy atom. The zero-order valence-corrected chi connectivity index (χ0v) is 16.2. The Morgan fingerprint density at radius 3 is 2.79 bits per heavy atom. The fourth-order valence-electron chi connectivity index (χ4n) is 3.55. The second kappa shape index (κ2) is 7.50. The second-order valence-corrected chi connectivity index (χ2v) is 7.24. The molecule has 1 unspecified atom stereocenters. The van der Waals surface area contributed by atoms with E-state index in [-0.39, 0.29) is 23.6 Å². The Balaban J connectivity index is 1.58. The van der Waals surface area contributed by atoms with Gasteiger partial charge in [-0.25, -0.2) is 0 Å². The summed E-state index contributed by atoms with van der Waals surface area (Å²) in [6.45, 7) is 4.76. The summed E-state index contributed by atoms with van der Waals surface area (Å²) in [6.07, 6.45) is 1.77. The molecule has 0 N–H and O–H groups in total. The van der Waals surface area contributed by atoms with Crippen LogP contribution in [0.4, 0.5) is 0 Å². The molecular formula is C21H23N3O4. The number of ether oxygens (including phenoxy) is 1. The van der Waals surface area contributed by atoms with Gasteiger partial charge in [-0.1, -0.05) is 36.3 Å². The second-order valence-electron chi connectivity index (χ2n) is 7.24. The highest BCUT2D eigenvalue weighted by Crippen LogP contribution is 2.35. The average Bonchev–Trinajstić information content (AvgIpc) is 3.47. The van der Waals surface area contributed by atoms with Gasteiger partial charge in [0, 0.05) is 24.6 Å². The van der Waals surface area contributed by atoms with Gasteiger partial charge in [0.15, 0.2) is 11.5 Å². The maximum atomic E-state index is 13.1. The van der Waals surface area contributed by atoms with Crippen LogP contribution in [0.15, 0.2) is 45.4 Å². The van der Waals surface area contributed by atoms with E-state index in [1.807, 2.05) is 30.3 Å². The molecule has 4 rings (SSSR count). The predicted octanol–water partition coefficient (Wildman–Crippen LogP) is 4.44. The van der Waals surface area contributed by atoms with Gasteiger partial charge in [0.05, 0.1) is 18.7 Å². The smallest absolute Gasteiger partial charge is 0.276 e. The highest BCUT2D eigenvalue weighted by atomic mass is 16.5. The number of hydrogen-bond acceptors (Lipinski definition) is 6. The van der Waals surface area contributed by atoms with Crippen molar-refractivity contribution in [1.82, 2.24) is 15.2 Å². The van der Waals surface area contributed by atoms with Crippen molar-refractivity contribution in [2.45, 2.75) is 38.6 Å². The number of likely N-dealkylation sites (tertiary alicyclic amines) is 1. The number of carbonyl (C=O) groups excluding carboxylic acids is 1. The van der Waals surface area contributed by atoms with E-state index < -0.39 is 0 Å². The zero-order chi connectivity index (χ0) is 19.7. The summed E-state index contributed by atoms with van der Waals surface area (Å²) in [5.41, 5.74) is 1.83. The number of methoxy groups -OCH3 is 1. The molecule has 2 aromatic heterocycles. The molecule has 1 aromatic carbocycles. The van der Waals surface area contributed by atoms with E-state index in [4.69, 9.17) is 13.8 Å². The number of carbonyl (C=O) groups is 1. The zero-order valence-electron chi connectivity index (χ0n) is 16.2. The SMILES string of the molecule is COc1ccccc1-c1cc(C(=O)N2CCCC2c2cc(C(C)C)on2)no1. The summed E-state index contributed by atoms with van der Waals surface area (Å²) in [5, 5.41) is 8.20. The fourth-order valence-corrected chi connectivity index (χ4v) is 3.55. The lowest BCUT2D eigenvalue weighted by atomic mass is 10.1. The molecule has 1 aliphatic heterocycles. The van der Waals surface area contributed by atoms with Crippen molar-refractivity contribution in [2.75, 3.05) is 13.7 Å². The van der Waals surface area contributed by atoms with Crippen molar-refractivity contribution in [3.8, 4) is 17.1 Å². The number of amides is 1. The first kappa shape index (κ1) is 18.3. The Morgan fingerprint density at radius 2 is 2.04 bits per heavy atom. The van der Waals surface area contributed by atoms with Gasteiger partial charge in [0.25, 0.3) is 5.91 Å². The van der Waals surface area contributed by atoms with Crippen LogP contribution in [0, 0.1) is 0 Å². The largest absolute Gasteiger partial charge is 0.496 e. The lowest BCUT2D eigenvalue weighted by molar-refractivity contribution is 0.0720. The van der Waals surface area contributed by atoms with E-state index in [1.165, 1.54) is 0 Å². The summed E-state index contributed by atoms with van der Waals surface area (Å²) in [6, 6.07) is 11.0. The Bertz CT molecular complexity index is 975. The number of nitrogens with zero attached hydrogens (tertiary/aromatic N) is 3. The maximum Gasteiger partial charge on any atom is 0.276 e. The monoisotopic (exact) mass is 381 g/mol. The van der Waals surface area contributed by atoms with Crippen molar-refractivity contribution in [3.05, 3.63) is 53.5 Å². The predicted molar refractivity (Wildman–Crippen MR) is 102 cm³/mol. The van der Waals surface area contributed by atoms with Gasteiger partial charge in [-0.2, -0.15) is 0 Å². The Hall–Kier alpha value is -3.09. The van der Waals surface area contributed by atoms with Crippen LogP contribution in [0.1, 0.15) is 60.6 Å². The van der Waals surface area contributed by atoms with E-state index in [1.54, 1.807) is 18.1 Å². The minimum absolute atomic E-state index is 0.102. The van der Waals surface area contributed by atoms with Crippen molar-refractivity contribution in [1.29, 1.82) is 0 Å². The van der Waals surface area contributed by atoms with Crippen LogP contribution in [-0.2, 0) is 0 Å². The van der Waals surface area contributed by atoms with Crippen molar-refractivity contribution < 1.29 is 18.6 Å². The van der Waals surface area contributed by atoms with Crippen LogP contribution >= 0.6 is 0 Å². The van der Waals surface area contributed by atoms with Gasteiger partial charge in [-0.3, -0.25) is 4.79 Å². The standard InChI is InChI=1S/C21H23N3O4/c1-13(2)19-11-15(22-27-19)17-8-6-10-24(17)21(25)16-12-20(28-23-16)14-7-4-5-9-18(14)26-3/h4-5,7,9,11-13,17H,6,8,10H2,1-3H3. The summed E-state index contributed by atoms with van der Waals surface area (Å²) in [7, 11) is 1.60. The van der Waals surface area contributed by atoms with E-state index >= 15 is 0 Å². The molecule has 3 heterocycles. The van der Waals surface area contributed by atoms with E-state index in [2.05, 4.69) is 24.2 Å². The molecule has 1 fully saturated rings. The number of para-hydroxylation sites is 1. The number of benzene rings is 1. The summed E-state index contributed by atoms with van der Waals surface area (Å²) >= 11 is 0. The van der Waals surface area contributed by atoms with Crippen LogP contribution < -0.4 is 4.74 Å². The molecule has 7 nitrogen and oxygen atoms in total. The van der Waals surface area contributed by atoms with Crippen LogP contribution in [0.2, 0.25) is 0 Å². The quantitative estimate of drug-likeness (QED) is 0.650. The first-order valence-electron chi connectivity index (χ1n) is 9.46. The molecule has 0 radical (unpaired) electrons. The van der Waals surface area contributed by atoms with Gasteiger partial charge < -0.3 is 18.7 Å². The molecule has 7 heteroatoms. The third-order valence-corrected chi connectivity index (χ3v) is 5.07. The van der Waals surface area contributed by atoms with E-state index in [0.29, 0.717) is 18.1 Å². The summed E-state index contributed by atoms with van der Waals surface area (Å²) in [5.74, 6) is 2.09. The van der Waals surface area contributed by atoms with E-state index in [9.17, 15) is 4.79 Å². The molecule has 146 valence electrons. The third-order valence-electron chi connectivity index (χ3n) is 5.07. The first-order chi connectivity index (χ1) is 13.6. The molecule has 1 aliphatic rings. The van der Waals surface area contributed by atoms with Crippen LogP contribution in [0.5, 0.6) is 5.75 Å². The van der Waals surface area contributed by atoms with Crippen molar-refractivity contribution in [3.63, 3.8) is 0 Å². The maximum absolute atomic E-state index is 13.1. The minimum atomic E-state index is -0.165.